The van der Waals surface area contributed by atoms with Gasteiger partial charge in [0, 0.05) is 12.6 Å². The van der Waals surface area contributed by atoms with Crippen LogP contribution in [0.25, 0.3) is 0 Å². The lowest BCUT2D eigenvalue weighted by Crippen LogP contribution is -2.21. The first kappa shape index (κ1) is 20.5. The van der Waals surface area contributed by atoms with E-state index in [-0.39, 0.29) is 11.6 Å². The molecule has 0 aliphatic heterocycles. The summed E-state index contributed by atoms with van der Waals surface area (Å²) in [5.41, 5.74) is 7.66. The summed E-state index contributed by atoms with van der Waals surface area (Å²) in [5.74, 6) is 0.503. The molecule has 0 bridgehead atoms. The van der Waals surface area contributed by atoms with Gasteiger partial charge in [-0.05, 0) is 57.2 Å². The van der Waals surface area contributed by atoms with E-state index in [4.69, 9.17) is 10.5 Å². The van der Waals surface area contributed by atoms with Crippen molar-refractivity contribution in [2.45, 2.75) is 78.7 Å². The summed E-state index contributed by atoms with van der Waals surface area (Å²) in [6.07, 6.45) is 5.10. The molecule has 0 saturated heterocycles. The molecule has 0 atom stereocenters. The van der Waals surface area contributed by atoms with E-state index >= 15 is 0 Å². The predicted octanol–water partition coefficient (Wildman–Crippen LogP) is 5.30. The van der Waals surface area contributed by atoms with E-state index in [1.807, 2.05) is 32.9 Å². The number of anilines is 1. The first-order valence-electron chi connectivity index (χ1n) is 8.24. The Hall–Kier alpha value is -1.51. The maximum Gasteiger partial charge on any atom is 0.303 e. The number of hydrogen-bond acceptors (Lipinski definition) is 3. The summed E-state index contributed by atoms with van der Waals surface area (Å²) in [6.45, 7) is 11.4. The topological polar surface area (TPSA) is 52.3 Å². The molecule has 1 aromatic rings. The number of esters is 1. The minimum absolute atomic E-state index is 0.225. The number of carbonyl (C=O) groups excluding carboxylic acids is 1. The fourth-order valence-electron chi connectivity index (χ4n) is 2.37. The molecule has 126 valence electrons. The Morgan fingerprint density at radius 3 is 1.82 bits per heavy atom. The third kappa shape index (κ3) is 10.3. The van der Waals surface area contributed by atoms with Crippen molar-refractivity contribution in [2.24, 2.45) is 0 Å². The standard InChI is InChI=1S/C13H21N.C6H12O2/c1-3-5-11(6-4-2)12-7-9-13(14)10-8-12;1-5(7)8-6(2,3)4/h7-11H,3-6,14H2,1-2H3;1-4H3. The van der Waals surface area contributed by atoms with Crippen LogP contribution in [0.3, 0.4) is 0 Å². The number of benzene rings is 1. The summed E-state index contributed by atoms with van der Waals surface area (Å²) in [6, 6.07) is 8.36. The molecule has 1 rings (SSSR count). The fourth-order valence-corrected chi connectivity index (χ4v) is 2.37. The summed E-state index contributed by atoms with van der Waals surface area (Å²) < 4.78 is 4.80. The highest BCUT2D eigenvalue weighted by Crippen LogP contribution is 2.26. The van der Waals surface area contributed by atoms with E-state index in [2.05, 4.69) is 26.0 Å². The lowest BCUT2D eigenvalue weighted by molar-refractivity contribution is -0.151. The minimum Gasteiger partial charge on any atom is -0.460 e. The highest BCUT2D eigenvalue weighted by molar-refractivity contribution is 5.66. The molecule has 0 aliphatic rings. The van der Waals surface area contributed by atoms with Gasteiger partial charge < -0.3 is 10.5 Å². The minimum atomic E-state index is -0.328. The lowest BCUT2D eigenvalue weighted by atomic mass is 9.90. The van der Waals surface area contributed by atoms with E-state index < -0.39 is 0 Å². The molecule has 0 aliphatic carbocycles. The third-order valence-corrected chi connectivity index (χ3v) is 3.13. The van der Waals surface area contributed by atoms with E-state index in [0.29, 0.717) is 0 Å². The first-order valence-corrected chi connectivity index (χ1v) is 8.24. The van der Waals surface area contributed by atoms with Gasteiger partial charge in [0.05, 0.1) is 0 Å². The second kappa shape index (κ2) is 10.3. The summed E-state index contributed by atoms with van der Waals surface area (Å²) >= 11 is 0. The quantitative estimate of drug-likeness (QED) is 0.593. The zero-order valence-electron chi connectivity index (χ0n) is 15.1. The van der Waals surface area contributed by atoms with Crippen molar-refractivity contribution in [3.63, 3.8) is 0 Å². The lowest BCUT2D eigenvalue weighted by Gasteiger charge is -2.17. The Morgan fingerprint density at radius 2 is 1.55 bits per heavy atom. The first-order chi connectivity index (χ1) is 10.2. The summed E-state index contributed by atoms with van der Waals surface area (Å²) in [7, 11) is 0. The highest BCUT2D eigenvalue weighted by atomic mass is 16.6. The van der Waals surface area contributed by atoms with Gasteiger partial charge in [0.15, 0.2) is 0 Å². The van der Waals surface area contributed by atoms with Crippen LogP contribution in [0.2, 0.25) is 0 Å². The van der Waals surface area contributed by atoms with Crippen LogP contribution in [0.1, 0.15) is 78.7 Å². The molecular weight excluding hydrogens is 274 g/mol. The van der Waals surface area contributed by atoms with Crippen LogP contribution < -0.4 is 5.73 Å². The average molecular weight is 307 g/mol. The SMILES string of the molecule is CC(=O)OC(C)(C)C.CCCC(CCC)c1ccc(N)cc1. The van der Waals surface area contributed by atoms with E-state index in [1.54, 1.807) is 0 Å². The number of nitrogens with two attached hydrogens (primary N) is 1. The van der Waals surface area contributed by atoms with Gasteiger partial charge in [-0.1, -0.05) is 38.8 Å². The molecule has 1 aromatic carbocycles. The van der Waals surface area contributed by atoms with Gasteiger partial charge >= 0.3 is 5.97 Å². The Labute approximate surface area is 136 Å². The molecule has 0 radical (unpaired) electrons. The van der Waals surface area contributed by atoms with Gasteiger partial charge in [0.25, 0.3) is 0 Å². The Kier molecular flexibility index (Phi) is 9.55. The van der Waals surface area contributed by atoms with Crippen LogP contribution in [0.5, 0.6) is 0 Å². The van der Waals surface area contributed by atoms with Crippen molar-refractivity contribution in [3.05, 3.63) is 29.8 Å². The fraction of sp³-hybridized carbons (Fsp3) is 0.632. The molecule has 3 heteroatoms. The van der Waals surface area contributed by atoms with E-state index in [1.165, 1.54) is 38.2 Å². The number of hydrogen-bond donors (Lipinski definition) is 1. The molecule has 0 unspecified atom stereocenters. The molecule has 0 fully saturated rings. The molecule has 0 amide bonds. The number of carbonyl (C=O) groups is 1. The van der Waals surface area contributed by atoms with E-state index in [0.717, 1.165) is 11.6 Å². The van der Waals surface area contributed by atoms with Gasteiger partial charge in [0.2, 0.25) is 0 Å². The molecule has 0 saturated carbocycles. The van der Waals surface area contributed by atoms with E-state index in [9.17, 15) is 4.79 Å². The van der Waals surface area contributed by atoms with Crippen molar-refractivity contribution in [1.82, 2.24) is 0 Å². The molecule has 22 heavy (non-hydrogen) atoms. The van der Waals surface area contributed by atoms with Gasteiger partial charge in [0.1, 0.15) is 5.60 Å². The molecule has 0 heterocycles. The maximum atomic E-state index is 10.2. The zero-order valence-corrected chi connectivity index (χ0v) is 15.1. The Balaban J connectivity index is 0.000000472. The van der Waals surface area contributed by atoms with Crippen molar-refractivity contribution in [2.75, 3.05) is 5.73 Å². The highest BCUT2D eigenvalue weighted by Gasteiger charge is 2.11. The molecular formula is C19H33NO2. The largest absolute Gasteiger partial charge is 0.460 e. The Bertz CT molecular complexity index is 412. The van der Waals surface area contributed by atoms with Crippen molar-refractivity contribution >= 4 is 11.7 Å². The van der Waals surface area contributed by atoms with Gasteiger partial charge in [-0.3, -0.25) is 4.79 Å². The van der Waals surface area contributed by atoms with Crippen molar-refractivity contribution < 1.29 is 9.53 Å². The monoisotopic (exact) mass is 307 g/mol. The number of ether oxygens (including phenoxy) is 1. The normalized spacial score (nSPS) is 10.9. The van der Waals surface area contributed by atoms with Gasteiger partial charge in [-0.25, -0.2) is 0 Å². The van der Waals surface area contributed by atoms with Crippen LogP contribution >= 0.6 is 0 Å². The zero-order chi connectivity index (χ0) is 17.2. The number of rotatable bonds is 5. The maximum absolute atomic E-state index is 10.2. The molecule has 0 spiro atoms. The molecule has 3 nitrogen and oxygen atoms in total. The van der Waals surface area contributed by atoms with Gasteiger partial charge in [-0.2, -0.15) is 0 Å². The van der Waals surface area contributed by atoms with Crippen LogP contribution in [0.15, 0.2) is 24.3 Å². The molecule has 2 N–H and O–H groups in total. The van der Waals surface area contributed by atoms with Crippen LogP contribution in [0, 0.1) is 0 Å². The second-order valence-corrected chi connectivity index (χ2v) is 6.65. The second-order valence-electron chi connectivity index (χ2n) is 6.65. The van der Waals surface area contributed by atoms with Crippen LogP contribution in [0.4, 0.5) is 5.69 Å². The smallest absolute Gasteiger partial charge is 0.303 e. The summed E-state index contributed by atoms with van der Waals surface area (Å²) in [5, 5.41) is 0. The molecule has 0 aromatic heterocycles. The third-order valence-electron chi connectivity index (χ3n) is 3.13. The van der Waals surface area contributed by atoms with Crippen molar-refractivity contribution in [3.8, 4) is 0 Å². The van der Waals surface area contributed by atoms with Crippen LogP contribution in [-0.4, -0.2) is 11.6 Å². The van der Waals surface area contributed by atoms with Gasteiger partial charge in [-0.15, -0.1) is 0 Å². The Morgan fingerprint density at radius 1 is 1.09 bits per heavy atom. The van der Waals surface area contributed by atoms with Crippen LogP contribution in [-0.2, 0) is 9.53 Å². The predicted molar refractivity (Wildman–Crippen MR) is 94.9 cm³/mol. The number of nitrogen functional groups attached to an aromatic ring is 1. The van der Waals surface area contributed by atoms with Crippen molar-refractivity contribution in [1.29, 1.82) is 0 Å². The average Bonchev–Trinajstić information content (AvgIpc) is 2.37. The summed E-state index contributed by atoms with van der Waals surface area (Å²) in [4.78, 5) is 10.2.